The molecule has 1 aromatic carbocycles. The van der Waals surface area contributed by atoms with E-state index in [9.17, 15) is 23.3 Å². The SMILES string of the molecule is CC(CN(C)S(=O)(=O)c1cccc([N+](=O)[O-])c1)C(=O)O. The summed E-state index contributed by atoms with van der Waals surface area (Å²) >= 11 is 0. The number of carbonyl (C=O) groups is 1. The van der Waals surface area contributed by atoms with E-state index in [1.165, 1.54) is 32.2 Å². The van der Waals surface area contributed by atoms with Crippen molar-refractivity contribution in [3.63, 3.8) is 0 Å². The number of hydrogen-bond acceptors (Lipinski definition) is 5. The Bertz CT molecular complexity index is 628. The number of non-ortho nitro benzene ring substituents is 1. The number of rotatable bonds is 6. The summed E-state index contributed by atoms with van der Waals surface area (Å²) in [6, 6.07) is 4.61. The minimum absolute atomic E-state index is 0.222. The molecule has 0 heterocycles. The molecule has 1 N–H and O–H groups in total. The highest BCUT2D eigenvalue weighted by atomic mass is 32.2. The Balaban J connectivity index is 3.07. The molecule has 8 nitrogen and oxygen atoms in total. The Morgan fingerprint density at radius 3 is 2.60 bits per heavy atom. The summed E-state index contributed by atoms with van der Waals surface area (Å²) in [6.07, 6.45) is 0. The highest BCUT2D eigenvalue weighted by Crippen LogP contribution is 2.20. The molecule has 0 saturated carbocycles. The van der Waals surface area contributed by atoms with Crippen LogP contribution < -0.4 is 0 Å². The average molecular weight is 302 g/mol. The summed E-state index contributed by atoms with van der Waals surface area (Å²) in [5, 5.41) is 19.4. The zero-order valence-electron chi connectivity index (χ0n) is 10.9. The lowest BCUT2D eigenvalue weighted by molar-refractivity contribution is -0.385. The molecular formula is C11H14N2O6S. The van der Waals surface area contributed by atoms with Gasteiger partial charge in [0.1, 0.15) is 0 Å². The van der Waals surface area contributed by atoms with E-state index in [-0.39, 0.29) is 17.1 Å². The fraction of sp³-hybridized carbons (Fsp3) is 0.364. The van der Waals surface area contributed by atoms with E-state index >= 15 is 0 Å². The Kier molecular flexibility index (Phi) is 4.79. The zero-order chi connectivity index (χ0) is 15.5. The van der Waals surface area contributed by atoms with E-state index < -0.39 is 26.8 Å². The molecule has 0 bridgehead atoms. The lowest BCUT2D eigenvalue weighted by Gasteiger charge is -2.19. The average Bonchev–Trinajstić information content (AvgIpc) is 2.38. The molecule has 0 aliphatic rings. The normalized spacial score (nSPS) is 13.2. The minimum Gasteiger partial charge on any atom is -0.481 e. The fourth-order valence-corrected chi connectivity index (χ4v) is 2.80. The van der Waals surface area contributed by atoms with Crippen molar-refractivity contribution in [1.82, 2.24) is 4.31 Å². The number of hydrogen-bond donors (Lipinski definition) is 1. The van der Waals surface area contributed by atoms with Crippen molar-refractivity contribution in [2.75, 3.05) is 13.6 Å². The Labute approximate surface area is 115 Å². The molecule has 1 atom stereocenters. The Hall–Kier alpha value is -2.00. The molecular weight excluding hydrogens is 288 g/mol. The standard InChI is InChI=1S/C11H14N2O6S/c1-8(11(14)15)7-12(2)20(18,19)10-5-3-4-9(6-10)13(16)17/h3-6,8H,7H2,1-2H3,(H,14,15). The monoisotopic (exact) mass is 302 g/mol. The van der Waals surface area contributed by atoms with Crippen LogP contribution in [0.1, 0.15) is 6.92 Å². The van der Waals surface area contributed by atoms with E-state index in [1.54, 1.807) is 0 Å². The van der Waals surface area contributed by atoms with Gasteiger partial charge in [0.15, 0.2) is 0 Å². The van der Waals surface area contributed by atoms with Gasteiger partial charge in [-0.1, -0.05) is 13.0 Å². The summed E-state index contributed by atoms with van der Waals surface area (Å²) in [6.45, 7) is 1.15. The van der Waals surface area contributed by atoms with Gasteiger partial charge in [-0.05, 0) is 6.07 Å². The molecule has 0 aliphatic heterocycles. The number of benzene rings is 1. The number of nitro groups is 1. The molecule has 0 amide bonds. The Morgan fingerprint density at radius 1 is 1.50 bits per heavy atom. The molecule has 20 heavy (non-hydrogen) atoms. The second-order valence-corrected chi connectivity index (χ2v) is 6.32. The van der Waals surface area contributed by atoms with Gasteiger partial charge in [0, 0.05) is 25.7 Å². The molecule has 0 spiro atoms. The third-order valence-electron chi connectivity index (χ3n) is 2.69. The third-order valence-corrected chi connectivity index (χ3v) is 4.51. The van der Waals surface area contributed by atoms with Crippen LogP contribution in [0.5, 0.6) is 0 Å². The van der Waals surface area contributed by atoms with E-state index in [4.69, 9.17) is 5.11 Å². The molecule has 1 rings (SSSR count). The first-order valence-electron chi connectivity index (χ1n) is 5.60. The van der Waals surface area contributed by atoms with Crippen molar-refractivity contribution < 1.29 is 23.2 Å². The van der Waals surface area contributed by atoms with Crippen LogP contribution in [0.4, 0.5) is 5.69 Å². The van der Waals surface area contributed by atoms with E-state index in [1.807, 2.05) is 0 Å². The summed E-state index contributed by atoms with van der Waals surface area (Å²) in [5.74, 6) is -2.00. The summed E-state index contributed by atoms with van der Waals surface area (Å²) in [4.78, 5) is 20.4. The van der Waals surface area contributed by atoms with Gasteiger partial charge in [0.05, 0.1) is 15.7 Å². The molecule has 1 unspecified atom stereocenters. The van der Waals surface area contributed by atoms with E-state index in [0.29, 0.717) is 0 Å². The maximum Gasteiger partial charge on any atom is 0.307 e. The van der Waals surface area contributed by atoms with E-state index in [2.05, 4.69) is 0 Å². The Morgan fingerprint density at radius 2 is 2.10 bits per heavy atom. The van der Waals surface area contributed by atoms with Gasteiger partial charge in [-0.3, -0.25) is 14.9 Å². The molecule has 0 aromatic heterocycles. The van der Waals surface area contributed by atoms with Gasteiger partial charge >= 0.3 is 5.97 Å². The number of nitrogens with zero attached hydrogens (tertiary/aromatic N) is 2. The lowest BCUT2D eigenvalue weighted by Crippen LogP contribution is -2.33. The maximum absolute atomic E-state index is 12.2. The number of carboxylic acid groups (broad SMARTS) is 1. The van der Waals surface area contributed by atoms with Gasteiger partial charge in [0.2, 0.25) is 10.0 Å². The number of sulfonamides is 1. The first-order valence-corrected chi connectivity index (χ1v) is 7.04. The molecule has 0 radical (unpaired) electrons. The van der Waals surface area contributed by atoms with Crippen LogP contribution in [0.2, 0.25) is 0 Å². The van der Waals surface area contributed by atoms with Crippen LogP contribution >= 0.6 is 0 Å². The molecule has 0 fully saturated rings. The van der Waals surface area contributed by atoms with E-state index in [0.717, 1.165) is 10.4 Å². The van der Waals surface area contributed by atoms with Gasteiger partial charge in [0.25, 0.3) is 5.69 Å². The smallest absolute Gasteiger partial charge is 0.307 e. The van der Waals surface area contributed by atoms with Crippen LogP contribution in [-0.2, 0) is 14.8 Å². The first kappa shape index (κ1) is 16.1. The van der Waals surface area contributed by atoms with Gasteiger partial charge in [-0.25, -0.2) is 12.7 Å². The van der Waals surface area contributed by atoms with Crippen LogP contribution in [0, 0.1) is 16.0 Å². The maximum atomic E-state index is 12.2. The largest absolute Gasteiger partial charge is 0.481 e. The summed E-state index contributed by atoms with van der Waals surface area (Å²) < 4.78 is 25.2. The minimum atomic E-state index is -3.96. The highest BCUT2D eigenvalue weighted by molar-refractivity contribution is 7.89. The van der Waals surface area contributed by atoms with Crippen LogP contribution in [0.3, 0.4) is 0 Å². The first-order chi connectivity index (χ1) is 9.16. The highest BCUT2D eigenvalue weighted by Gasteiger charge is 2.26. The van der Waals surface area contributed by atoms with Gasteiger partial charge in [-0.15, -0.1) is 0 Å². The van der Waals surface area contributed by atoms with Crippen LogP contribution in [0.25, 0.3) is 0 Å². The quantitative estimate of drug-likeness (QED) is 0.617. The van der Waals surface area contributed by atoms with Gasteiger partial charge in [-0.2, -0.15) is 0 Å². The van der Waals surface area contributed by atoms with Gasteiger partial charge < -0.3 is 5.11 Å². The molecule has 110 valence electrons. The van der Waals surface area contributed by atoms with Crippen LogP contribution in [-0.4, -0.2) is 42.3 Å². The summed E-state index contributed by atoms with van der Waals surface area (Å²) in [7, 11) is -2.73. The van der Waals surface area contributed by atoms with Crippen LogP contribution in [0.15, 0.2) is 29.2 Å². The number of carboxylic acids is 1. The predicted molar refractivity (Wildman–Crippen MR) is 69.7 cm³/mol. The molecule has 9 heteroatoms. The third kappa shape index (κ3) is 3.52. The summed E-state index contributed by atoms with van der Waals surface area (Å²) in [5.41, 5.74) is -0.342. The lowest BCUT2D eigenvalue weighted by atomic mass is 10.2. The second-order valence-electron chi connectivity index (χ2n) is 4.28. The number of aliphatic carboxylic acids is 1. The second kappa shape index (κ2) is 5.97. The van der Waals surface area contributed by atoms with Crippen molar-refractivity contribution in [1.29, 1.82) is 0 Å². The van der Waals surface area contributed by atoms with Crippen molar-refractivity contribution in [2.45, 2.75) is 11.8 Å². The van der Waals surface area contributed by atoms with Crippen molar-refractivity contribution in [3.05, 3.63) is 34.4 Å². The molecule has 0 aliphatic carbocycles. The van der Waals surface area contributed by atoms with Crippen molar-refractivity contribution in [3.8, 4) is 0 Å². The number of nitro benzene ring substituents is 1. The molecule has 0 saturated heterocycles. The topological polar surface area (TPSA) is 118 Å². The molecule has 1 aromatic rings. The zero-order valence-corrected chi connectivity index (χ0v) is 11.7. The predicted octanol–water partition coefficient (Wildman–Crippen LogP) is 0.936. The van der Waals surface area contributed by atoms with Crippen molar-refractivity contribution in [2.24, 2.45) is 5.92 Å². The van der Waals surface area contributed by atoms with Crippen molar-refractivity contribution >= 4 is 21.7 Å². The fourth-order valence-electron chi connectivity index (χ4n) is 1.50.